The maximum atomic E-state index is 12.8. The molecule has 1 amide bonds. The molecule has 2 rings (SSSR count). The Morgan fingerprint density at radius 3 is 2.19 bits per heavy atom. The average molecular weight is 375 g/mol. The van der Waals surface area contributed by atoms with Gasteiger partial charge in [0.25, 0.3) is 0 Å². The number of carbonyl (C=O) groups is 2. The summed E-state index contributed by atoms with van der Waals surface area (Å²) < 4.78 is 43.6. The third-order valence-electron chi connectivity index (χ3n) is 3.66. The fourth-order valence-corrected chi connectivity index (χ4v) is 2.45. The van der Waals surface area contributed by atoms with Crippen molar-refractivity contribution in [3.63, 3.8) is 0 Å². The number of carbonyl (C=O) groups excluding carboxylic acids is 1. The van der Waals surface area contributed by atoms with Gasteiger partial charge in [0.05, 0.1) is 5.56 Å². The average Bonchev–Trinajstić information content (AvgIpc) is 2.52. The summed E-state index contributed by atoms with van der Waals surface area (Å²) in [5.41, 5.74) is -2.28. The minimum absolute atomic E-state index is 0.0469. The number of rotatable bonds is 2. The minimum atomic E-state index is -4.68. The van der Waals surface area contributed by atoms with Gasteiger partial charge in [-0.15, -0.1) is 0 Å². The second-order valence-electron chi connectivity index (χ2n) is 6.85. The van der Waals surface area contributed by atoms with Gasteiger partial charge in [0.2, 0.25) is 0 Å². The van der Waals surface area contributed by atoms with Crippen molar-refractivity contribution in [3.05, 3.63) is 23.4 Å². The van der Waals surface area contributed by atoms with Gasteiger partial charge in [-0.2, -0.15) is 13.2 Å². The lowest BCUT2D eigenvalue weighted by Gasteiger charge is -2.36. The van der Waals surface area contributed by atoms with E-state index in [9.17, 15) is 27.9 Å². The molecule has 0 saturated carbocycles. The van der Waals surface area contributed by atoms with Crippen molar-refractivity contribution in [2.24, 2.45) is 0 Å². The Kier molecular flexibility index (Phi) is 5.33. The van der Waals surface area contributed by atoms with Crippen LogP contribution in [-0.4, -0.2) is 58.8 Å². The molecule has 1 aromatic heterocycles. The van der Waals surface area contributed by atoms with Gasteiger partial charge < -0.3 is 19.6 Å². The van der Waals surface area contributed by atoms with E-state index in [1.807, 2.05) is 0 Å². The Morgan fingerprint density at radius 1 is 1.15 bits per heavy atom. The van der Waals surface area contributed by atoms with Crippen molar-refractivity contribution in [1.82, 2.24) is 9.88 Å². The Morgan fingerprint density at radius 2 is 1.73 bits per heavy atom. The highest BCUT2D eigenvalue weighted by molar-refractivity contribution is 5.93. The van der Waals surface area contributed by atoms with Crippen molar-refractivity contribution in [2.75, 3.05) is 31.1 Å². The molecule has 10 heteroatoms. The second-order valence-corrected chi connectivity index (χ2v) is 6.85. The van der Waals surface area contributed by atoms with Gasteiger partial charge in [-0.25, -0.2) is 14.6 Å². The molecule has 0 aliphatic carbocycles. The third kappa shape index (κ3) is 4.77. The van der Waals surface area contributed by atoms with Crippen LogP contribution in [0.5, 0.6) is 0 Å². The van der Waals surface area contributed by atoms with Crippen LogP contribution in [0.15, 0.2) is 12.3 Å². The summed E-state index contributed by atoms with van der Waals surface area (Å²) in [4.78, 5) is 30.1. The van der Waals surface area contributed by atoms with Gasteiger partial charge in [-0.1, -0.05) is 0 Å². The zero-order chi connectivity index (χ0) is 19.7. The first kappa shape index (κ1) is 19.8. The number of pyridine rings is 1. The number of piperazine rings is 1. The molecule has 0 unspecified atom stereocenters. The number of anilines is 1. The molecule has 1 saturated heterocycles. The van der Waals surface area contributed by atoms with Crippen molar-refractivity contribution >= 4 is 17.9 Å². The summed E-state index contributed by atoms with van der Waals surface area (Å²) in [6, 6.07) is 0.574. The molecule has 0 radical (unpaired) electrons. The minimum Gasteiger partial charge on any atom is -0.478 e. The van der Waals surface area contributed by atoms with E-state index in [0.29, 0.717) is 12.3 Å². The summed E-state index contributed by atoms with van der Waals surface area (Å²) in [6.45, 7) is 6.19. The number of aromatic nitrogens is 1. The van der Waals surface area contributed by atoms with Crippen LogP contribution in [-0.2, 0) is 10.9 Å². The molecule has 0 bridgehead atoms. The summed E-state index contributed by atoms with van der Waals surface area (Å²) in [7, 11) is 0. The molecule has 0 atom stereocenters. The SMILES string of the molecule is CC(C)(C)OC(=O)N1CCN(c2ncc(C(F)(F)F)cc2C(=O)O)CC1. The molecule has 1 aromatic rings. The van der Waals surface area contributed by atoms with Crippen LogP contribution in [0.1, 0.15) is 36.7 Å². The van der Waals surface area contributed by atoms with Crippen LogP contribution in [0.3, 0.4) is 0 Å². The fraction of sp³-hybridized carbons (Fsp3) is 0.562. The van der Waals surface area contributed by atoms with Gasteiger partial charge in [0.15, 0.2) is 0 Å². The quantitative estimate of drug-likeness (QED) is 0.856. The number of ether oxygens (including phenoxy) is 1. The van der Waals surface area contributed by atoms with E-state index in [4.69, 9.17) is 4.74 Å². The number of aromatic carboxylic acids is 1. The van der Waals surface area contributed by atoms with Crippen molar-refractivity contribution in [2.45, 2.75) is 32.5 Å². The summed E-state index contributed by atoms with van der Waals surface area (Å²) >= 11 is 0. The fourth-order valence-electron chi connectivity index (χ4n) is 2.45. The van der Waals surface area contributed by atoms with Gasteiger partial charge in [-0.05, 0) is 26.8 Å². The molecule has 1 fully saturated rings. The number of carboxylic acid groups (broad SMARTS) is 1. The third-order valence-corrected chi connectivity index (χ3v) is 3.66. The smallest absolute Gasteiger partial charge is 0.417 e. The lowest BCUT2D eigenvalue weighted by atomic mass is 10.1. The highest BCUT2D eigenvalue weighted by atomic mass is 19.4. The first-order valence-electron chi connectivity index (χ1n) is 7.92. The molecule has 26 heavy (non-hydrogen) atoms. The molecule has 2 heterocycles. The van der Waals surface area contributed by atoms with E-state index < -0.39 is 35.0 Å². The Balaban J connectivity index is 2.14. The molecular formula is C16H20F3N3O4. The Labute approximate surface area is 148 Å². The molecule has 1 aliphatic heterocycles. The molecule has 0 spiro atoms. The molecule has 0 aromatic carbocycles. The molecular weight excluding hydrogens is 355 g/mol. The van der Waals surface area contributed by atoms with E-state index in [2.05, 4.69) is 4.98 Å². The number of hydrogen-bond acceptors (Lipinski definition) is 5. The number of halogens is 3. The second kappa shape index (κ2) is 7.00. The summed E-state index contributed by atoms with van der Waals surface area (Å²) in [5, 5.41) is 9.24. The van der Waals surface area contributed by atoms with E-state index >= 15 is 0 Å². The molecule has 1 N–H and O–H groups in total. The Hall–Kier alpha value is -2.52. The van der Waals surface area contributed by atoms with E-state index in [0.717, 1.165) is 0 Å². The van der Waals surface area contributed by atoms with Crippen LogP contribution < -0.4 is 4.90 Å². The highest BCUT2D eigenvalue weighted by Gasteiger charge is 2.34. The first-order chi connectivity index (χ1) is 11.9. The lowest BCUT2D eigenvalue weighted by Crippen LogP contribution is -2.50. The number of carboxylic acids is 1. The van der Waals surface area contributed by atoms with Gasteiger partial charge in [0.1, 0.15) is 17.0 Å². The van der Waals surface area contributed by atoms with Gasteiger partial charge in [-0.3, -0.25) is 0 Å². The molecule has 144 valence electrons. The largest absolute Gasteiger partial charge is 0.478 e. The predicted octanol–water partition coefficient (Wildman–Crippen LogP) is 2.86. The lowest BCUT2D eigenvalue weighted by molar-refractivity contribution is -0.137. The number of nitrogens with zero attached hydrogens (tertiary/aromatic N) is 3. The highest BCUT2D eigenvalue weighted by Crippen LogP contribution is 2.31. The zero-order valence-corrected chi connectivity index (χ0v) is 14.6. The molecule has 1 aliphatic rings. The van der Waals surface area contributed by atoms with Crippen molar-refractivity contribution < 1.29 is 32.6 Å². The van der Waals surface area contributed by atoms with E-state index in [1.54, 1.807) is 25.7 Å². The predicted molar refractivity (Wildman–Crippen MR) is 86.2 cm³/mol. The maximum Gasteiger partial charge on any atom is 0.417 e. The van der Waals surface area contributed by atoms with E-state index in [-0.39, 0.29) is 32.0 Å². The summed E-state index contributed by atoms with van der Waals surface area (Å²) in [5.74, 6) is -1.54. The van der Waals surface area contributed by atoms with Crippen molar-refractivity contribution in [1.29, 1.82) is 0 Å². The Bertz CT molecular complexity index is 693. The van der Waals surface area contributed by atoms with Crippen LogP contribution in [0, 0.1) is 0 Å². The number of amides is 1. The van der Waals surface area contributed by atoms with Crippen LogP contribution in [0.4, 0.5) is 23.8 Å². The molecule has 7 nitrogen and oxygen atoms in total. The van der Waals surface area contributed by atoms with E-state index in [1.165, 1.54) is 4.90 Å². The van der Waals surface area contributed by atoms with Gasteiger partial charge >= 0.3 is 18.2 Å². The monoisotopic (exact) mass is 375 g/mol. The number of hydrogen-bond donors (Lipinski definition) is 1. The topological polar surface area (TPSA) is 83.0 Å². The van der Waals surface area contributed by atoms with Crippen LogP contribution in [0.2, 0.25) is 0 Å². The normalized spacial score (nSPS) is 15.8. The maximum absolute atomic E-state index is 12.8. The van der Waals surface area contributed by atoms with Crippen LogP contribution >= 0.6 is 0 Å². The van der Waals surface area contributed by atoms with Crippen molar-refractivity contribution in [3.8, 4) is 0 Å². The van der Waals surface area contributed by atoms with Gasteiger partial charge in [0, 0.05) is 32.4 Å². The standard InChI is InChI=1S/C16H20F3N3O4/c1-15(2,3)26-14(25)22-6-4-21(5-7-22)12-11(13(23)24)8-10(9-20-12)16(17,18)19/h8-9H,4-7H2,1-3H3,(H,23,24). The zero-order valence-electron chi connectivity index (χ0n) is 14.6. The first-order valence-corrected chi connectivity index (χ1v) is 7.92. The van der Waals surface area contributed by atoms with Crippen LogP contribution in [0.25, 0.3) is 0 Å². The summed E-state index contributed by atoms with van der Waals surface area (Å²) in [6.07, 6.45) is -4.55. The number of alkyl halides is 3.